The lowest BCUT2D eigenvalue weighted by Gasteiger charge is -2.31. The van der Waals surface area contributed by atoms with Gasteiger partial charge in [-0.25, -0.2) is 9.78 Å². The maximum atomic E-state index is 13.5. The van der Waals surface area contributed by atoms with Gasteiger partial charge < -0.3 is 9.64 Å². The number of ether oxygens (including phenoxy) is 1. The number of rotatable bonds is 9. The number of aromatic nitrogens is 1. The van der Waals surface area contributed by atoms with E-state index in [1.807, 2.05) is 22.4 Å². The maximum absolute atomic E-state index is 13.5. The number of hydrogen-bond donors (Lipinski definition) is 1. The minimum Gasteiger partial charge on any atom is -0.379 e. The van der Waals surface area contributed by atoms with Gasteiger partial charge in [0.1, 0.15) is 0 Å². The standard InChI is InChI=1S/C29H38N4O2S/c1-29(2,3)26-22-36-27(30-26)31-28(34)33(17-16-32-18-20-35-21-19-32)15-14-25(23-10-6-4-7-11-23)24-12-8-5-9-13-24/h4-13,22,25H,14-21H2,1-3H3,(H,30,31,34). The quantitative estimate of drug-likeness (QED) is 0.397. The second-order valence-electron chi connectivity index (χ2n) is 10.3. The Morgan fingerprint density at radius 2 is 1.64 bits per heavy atom. The van der Waals surface area contributed by atoms with Gasteiger partial charge in [0, 0.05) is 49.4 Å². The van der Waals surface area contributed by atoms with Crippen LogP contribution in [0, 0.1) is 0 Å². The van der Waals surface area contributed by atoms with E-state index in [0.29, 0.717) is 18.2 Å². The Morgan fingerprint density at radius 1 is 1.03 bits per heavy atom. The lowest BCUT2D eigenvalue weighted by Crippen LogP contribution is -2.44. The number of benzene rings is 2. The monoisotopic (exact) mass is 506 g/mol. The first kappa shape index (κ1) is 26.3. The molecule has 1 saturated heterocycles. The molecule has 6 nitrogen and oxygen atoms in total. The third kappa shape index (κ3) is 7.38. The van der Waals surface area contributed by atoms with Crippen molar-refractivity contribution in [1.82, 2.24) is 14.8 Å². The van der Waals surface area contributed by atoms with Gasteiger partial charge in [-0.05, 0) is 17.5 Å². The van der Waals surface area contributed by atoms with Crippen LogP contribution in [0.2, 0.25) is 0 Å². The molecule has 0 spiro atoms. The summed E-state index contributed by atoms with van der Waals surface area (Å²) in [7, 11) is 0. The molecule has 2 aromatic carbocycles. The Bertz CT molecular complexity index is 1040. The highest BCUT2D eigenvalue weighted by molar-refractivity contribution is 7.13. The number of nitrogens with one attached hydrogen (secondary N) is 1. The summed E-state index contributed by atoms with van der Waals surface area (Å²) in [5.41, 5.74) is 3.49. The van der Waals surface area contributed by atoms with Gasteiger partial charge in [0.2, 0.25) is 0 Å². The van der Waals surface area contributed by atoms with Crippen LogP contribution >= 0.6 is 11.3 Å². The lowest BCUT2D eigenvalue weighted by atomic mass is 9.88. The normalized spacial score (nSPS) is 14.7. The molecule has 0 radical (unpaired) electrons. The second kappa shape index (κ2) is 12.5. The van der Waals surface area contributed by atoms with Crippen molar-refractivity contribution >= 4 is 22.5 Å². The van der Waals surface area contributed by atoms with E-state index in [1.54, 1.807) is 0 Å². The molecule has 1 N–H and O–H groups in total. The fourth-order valence-corrected chi connectivity index (χ4v) is 5.36. The van der Waals surface area contributed by atoms with Gasteiger partial charge in [-0.15, -0.1) is 11.3 Å². The number of amides is 2. The van der Waals surface area contributed by atoms with Gasteiger partial charge in [0.15, 0.2) is 5.13 Å². The van der Waals surface area contributed by atoms with Gasteiger partial charge in [0.05, 0.1) is 18.9 Å². The van der Waals surface area contributed by atoms with E-state index in [1.165, 1.54) is 22.5 Å². The van der Waals surface area contributed by atoms with Crippen molar-refractivity contribution in [1.29, 1.82) is 0 Å². The number of carbonyl (C=O) groups excluding carboxylic acids is 1. The van der Waals surface area contributed by atoms with E-state index in [-0.39, 0.29) is 17.4 Å². The Balaban J connectivity index is 1.48. The number of hydrogen-bond acceptors (Lipinski definition) is 5. The summed E-state index contributed by atoms with van der Waals surface area (Å²) in [5, 5.41) is 5.77. The zero-order valence-electron chi connectivity index (χ0n) is 21.7. The lowest BCUT2D eigenvalue weighted by molar-refractivity contribution is 0.0351. The van der Waals surface area contributed by atoms with Gasteiger partial charge >= 0.3 is 6.03 Å². The van der Waals surface area contributed by atoms with Crippen LogP contribution in [0.4, 0.5) is 9.93 Å². The number of urea groups is 1. The first-order valence-electron chi connectivity index (χ1n) is 12.8. The third-order valence-corrected chi connectivity index (χ3v) is 7.41. The van der Waals surface area contributed by atoms with Crippen LogP contribution in [0.25, 0.3) is 0 Å². The van der Waals surface area contributed by atoms with Crippen LogP contribution in [-0.2, 0) is 10.2 Å². The van der Waals surface area contributed by atoms with Crippen molar-refractivity contribution in [2.45, 2.75) is 38.5 Å². The summed E-state index contributed by atoms with van der Waals surface area (Å²) in [5.74, 6) is 0.221. The number of morpholine rings is 1. The molecule has 2 heterocycles. The van der Waals surface area contributed by atoms with Crippen molar-refractivity contribution in [2.75, 3.05) is 51.3 Å². The molecule has 1 aliphatic rings. The number of anilines is 1. The SMILES string of the molecule is CC(C)(C)c1csc(NC(=O)N(CCC(c2ccccc2)c2ccccc2)CCN2CCOCC2)n1. The van der Waals surface area contributed by atoms with Crippen LogP contribution < -0.4 is 5.32 Å². The highest BCUT2D eigenvalue weighted by Crippen LogP contribution is 2.29. The molecule has 0 unspecified atom stereocenters. The van der Waals surface area contributed by atoms with Crippen LogP contribution in [0.3, 0.4) is 0 Å². The van der Waals surface area contributed by atoms with Crippen LogP contribution in [-0.4, -0.2) is 66.8 Å². The third-order valence-electron chi connectivity index (χ3n) is 6.66. The van der Waals surface area contributed by atoms with Crippen LogP contribution in [0.1, 0.15) is 49.9 Å². The fourth-order valence-electron chi connectivity index (χ4n) is 4.43. The van der Waals surface area contributed by atoms with Crippen molar-refractivity contribution in [2.24, 2.45) is 0 Å². The topological polar surface area (TPSA) is 57.7 Å². The van der Waals surface area contributed by atoms with Gasteiger partial charge in [0.25, 0.3) is 0 Å². The first-order chi connectivity index (χ1) is 17.4. The average Bonchev–Trinajstić information content (AvgIpc) is 3.37. The summed E-state index contributed by atoms with van der Waals surface area (Å²) >= 11 is 1.49. The number of nitrogens with zero attached hydrogens (tertiary/aromatic N) is 3. The molecule has 7 heteroatoms. The van der Waals surface area contributed by atoms with Crippen LogP contribution in [0.15, 0.2) is 66.0 Å². The van der Waals surface area contributed by atoms with Gasteiger partial charge in [-0.3, -0.25) is 10.2 Å². The minimum atomic E-state index is -0.0852. The highest BCUT2D eigenvalue weighted by atomic mass is 32.1. The van der Waals surface area contributed by atoms with E-state index < -0.39 is 0 Å². The van der Waals surface area contributed by atoms with E-state index in [4.69, 9.17) is 4.74 Å². The molecule has 36 heavy (non-hydrogen) atoms. The largest absolute Gasteiger partial charge is 0.379 e. The molecule has 0 atom stereocenters. The summed E-state index contributed by atoms with van der Waals surface area (Å²) in [6.45, 7) is 11.9. The maximum Gasteiger partial charge on any atom is 0.323 e. The molecule has 1 aliphatic heterocycles. The molecule has 1 fully saturated rings. The molecule has 192 valence electrons. The Morgan fingerprint density at radius 3 is 2.19 bits per heavy atom. The van der Waals surface area contributed by atoms with Crippen molar-refractivity contribution in [3.8, 4) is 0 Å². The molecule has 0 bridgehead atoms. The Labute approximate surface area is 219 Å². The zero-order chi connectivity index (χ0) is 25.4. The Kier molecular flexibility index (Phi) is 9.13. The summed E-state index contributed by atoms with van der Waals surface area (Å²) in [4.78, 5) is 22.5. The smallest absolute Gasteiger partial charge is 0.323 e. The minimum absolute atomic E-state index is 0.0475. The molecule has 4 rings (SSSR count). The molecular formula is C29H38N4O2S. The van der Waals surface area contributed by atoms with E-state index in [0.717, 1.165) is 45.0 Å². The highest BCUT2D eigenvalue weighted by Gasteiger charge is 2.23. The van der Waals surface area contributed by atoms with Crippen molar-refractivity contribution in [3.63, 3.8) is 0 Å². The summed E-state index contributed by atoms with van der Waals surface area (Å²) in [6, 6.07) is 21.1. The van der Waals surface area contributed by atoms with Crippen molar-refractivity contribution in [3.05, 3.63) is 82.9 Å². The van der Waals surface area contributed by atoms with E-state index in [9.17, 15) is 4.79 Å². The van der Waals surface area contributed by atoms with Crippen molar-refractivity contribution < 1.29 is 9.53 Å². The molecule has 2 amide bonds. The Hall–Kier alpha value is -2.74. The molecular weight excluding hydrogens is 468 g/mol. The summed E-state index contributed by atoms with van der Waals surface area (Å²) in [6.07, 6.45) is 0.843. The summed E-state index contributed by atoms with van der Waals surface area (Å²) < 4.78 is 5.50. The molecule has 0 aliphatic carbocycles. The van der Waals surface area contributed by atoms with E-state index in [2.05, 4.69) is 84.5 Å². The molecule has 3 aromatic rings. The van der Waals surface area contributed by atoms with Crippen LogP contribution in [0.5, 0.6) is 0 Å². The van der Waals surface area contributed by atoms with Gasteiger partial charge in [-0.1, -0.05) is 81.4 Å². The number of carbonyl (C=O) groups is 1. The average molecular weight is 507 g/mol. The fraction of sp³-hybridized carbons (Fsp3) is 0.448. The predicted molar refractivity (Wildman–Crippen MR) is 148 cm³/mol. The first-order valence-corrected chi connectivity index (χ1v) is 13.7. The number of thiazole rings is 1. The molecule has 1 aromatic heterocycles. The van der Waals surface area contributed by atoms with E-state index >= 15 is 0 Å². The zero-order valence-corrected chi connectivity index (χ0v) is 22.5. The predicted octanol–water partition coefficient (Wildman–Crippen LogP) is 5.83. The molecule has 0 saturated carbocycles. The van der Waals surface area contributed by atoms with Gasteiger partial charge in [-0.2, -0.15) is 0 Å². The second-order valence-corrected chi connectivity index (χ2v) is 11.2.